The van der Waals surface area contributed by atoms with Gasteiger partial charge in [0.1, 0.15) is 6.10 Å². The molecule has 2 heterocycles. The fourth-order valence-electron chi connectivity index (χ4n) is 3.34. The molecule has 114 valence electrons. The second-order valence-corrected chi connectivity index (χ2v) is 6.24. The number of halogens is 1. The summed E-state index contributed by atoms with van der Waals surface area (Å²) < 4.78 is 5.75. The average molecular weight is 309 g/mol. The Bertz CT molecular complexity index is 523. The highest BCUT2D eigenvalue weighted by molar-refractivity contribution is 6.30. The van der Waals surface area contributed by atoms with Crippen LogP contribution in [-0.4, -0.2) is 36.1 Å². The van der Waals surface area contributed by atoms with Crippen molar-refractivity contribution in [1.29, 1.82) is 0 Å². The molecule has 1 aromatic rings. The smallest absolute Gasteiger partial charge is 0.252 e. The van der Waals surface area contributed by atoms with Crippen LogP contribution in [0.5, 0.6) is 0 Å². The fraction of sp³-hybridized carbons (Fsp3) is 0.562. The van der Waals surface area contributed by atoms with E-state index in [9.17, 15) is 4.79 Å². The van der Waals surface area contributed by atoms with Crippen LogP contribution in [0.15, 0.2) is 24.3 Å². The van der Waals surface area contributed by atoms with E-state index in [1.807, 2.05) is 29.2 Å². The molecular weight excluding hydrogens is 288 g/mol. The monoisotopic (exact) mass is 308 g/mol. The Morgan fingerprint density at radius 2 is 2.24 bits per heavy atom. The quantitative estimate of drug-likeness (QED) is 0.933. The van der Waals surface area contributed by atoms with Gasteiger partial charge in [-0.05, 0) is 43.4 Å². The predicted molar refractivity (Wildman–Crippen MR) is 82.1 cm³/mol. The van der Waals surface area contributed by atoms with Gasteiger partial charge in [-0.3, -0.25) is 4.79 Å². The Morgan fingerprint density at radius 1 is 1.38 bits per heavy atom. The van der Waals surface area contributed by atoms with Gasteiger partial charge in [0.25, 0.3) is 5.91 Å². The summed E-state index contributed by atoms with van der Waals surface area (Å²) in [4.78, 5) is 14.7. The van der Waals surface area contributed by atoms with Gasteiger partial charge in [-0.2, -0.15) is 0 Å². The van der Waals surface area contributed by atoms with E-state index in [2.05, 4.69) is 0 Å². The zero-order chi connectivity index (χ0) is 14.8. The molecule has 2 N–H and O–H groups in total. The SMILES string of the molecule is NC[C@H]1CC[C@@H](C(=O)N2CCCC2c2cccc(Cl)c2)O1. The van der Waals surface area contributed by atoms with Gasteiger partial charge >= 0.3 is 0 Å². The van der Waals surface area contributed by atoms with Crippen LogP contribution in [0, 0.1) is 0 Å². The fourth-order valence-corrected chi connectivity index (χ4v) is 3.54. The number of amides is 1. The first-order chi connectivity index (χ1) is 10.2. The number of carbonyl (C=O) groups is 1. The third kappa shape index (κ3) is 3.07. The Hall–Kier alpha value is -1.10. The molecule has 0 spiro atoms. The van der Waals surface area contributed by atoms with Gasteiger partial charge in [0.15, 0.2) is 0 Å². The molecule has 1 unspecified atom stereocenters. The van der Waals surface area contributed by atoms with E-state index in [-0.39, 0.29) is 24.2 Å². The van der Waals surface area contributed by atoms with Crippen LogP contribution < -0.4 is 5.73 Å². The number of nitrogens with zero attached hydrogens (tertiary/aromatic N) is 1. The molecule has 4 nitrogen and oxygen atoms in total. The van der Waals surface area contributed by atoms with Crippen molar-refractivity contribution < 1.29 is 9.53 Å². The van der Waals surface area contributed by atoms with Crippen LogP contribution in [0.2, 0.25) is 5.02 Å². The molecule has 0 radical (unpaired) electrons. The van der Waals surface area contributed by atoms with Crippen molar-refractivity contribution >= 4 is 17.5 Å². The molecule has 0 aromatic heterocycles. The summed E-state index contributed by atoms with van der Waals surface area (Å²) in [6, 6.07) is 7.92. The third-order valence-corrected chi connectivity index (χ3v) is 4.65. The summed E-state index contributed by atoms with van der Waals surface area (Å²) >= 11 is 6.07. The van der Waals surface area contributed by atoms with E-state index < -0.39 is 0 Å². The van der Waals surface area contributed by atoms with Crippen molar-refractivity contribution in [1.82, 2.24) is 4.90 Å². The molecule has 5 heteroatoms. The first-order valence-electron chi connectivity index (χ1n) is 7.60. The van der Waals surface area contributed by atoms with Gasteiger partial charge in [-0.1, -0.05) is 23.7 Å². The zero-order valence-corrected chi connectivity index (χ0v) is 12.8. The molecule has 2 saturated heterocycles. The number of nitrogens with two attached hydrogens (primary N) is 1. The molecule has 0 aliphatic carbocycles. The van der Waals surface area contributed by atoms with Gasteiger partial charge in [-0.25, -0.2) is 0 Å². The number of likely N-dealkylation sites (tertiary alicyclic amines) is 1. The normalized spacial score (nSPS) is 29.0. The largest absolute Gasteiger partial charge is 0.364 e. The Morgan fingerprint density at radius 3 is 2.95 bits per heavy atom. The third-order valence-electron chi connectivity index (χ3n) is 4.42. The zero-order valence-electron chi connectivity index (χ0n) is 12.0. The van der Waals surface area contributed by atoms with Crippen LogP contribution in [-0.2, 0) is 9.53 Å². The van der Waals surface area contributed by atoms with Crippen molar-refractivity contribution in [3.63, 3.8) is 0 Å². The van der Waals surface area contributed by atoms with E-state index in [0.717, 1.165) is 37.8 Å². The van der Waals surface area contributed by atoms with E-state index in [1.54, 1.807) is 0 Å². The molecule has 0 bridgehead atoms. The lowest BCUT2D eigenvalue weighted by atomic mass is 10.0. The van der Waals surface area contributed by atoms with Crippen LogP contribution >= 0.6 is 11.6 Å². The van der Waals surface area contributed by atoms with E-state index in [4.69, 9.17) is 22.1 Å². The number of ether oxygens (including phenoxy) is 1. The maximum absolute atomic E-state index is 12.7. The highest BCUT2D eigenvalue weighted by Crippen LogP contribution is 2.35. The highest BCUT2D eigenvalue weighted by atomic mass is 35.5. The van der Waals surface area contributed by atoms with E-state index >= 15 is 0 Å². The van der Waals surface area contributed by atoms with Crippen LogP contribution in [0.4, 0.5) is 0 Å². The summed E-state index contributed by atoms with van der Waals surface area (Å²) in [5, 5.41) is 0.715. The molecule has 2 aliphatic rings. The van der Waals surface area contributed by atoms with Crippen LogP contribution in [0.25, 0.3) is 0 Å². The maximum atomic E-state index is 12.7. The minimum absolute atomic E-state index is 0.0335. The van der Waals surface area contributed by atoms with Crippen molar-refractivity contribution in [2.45, 2.75) is 43.9 Å². The molecular formula is C16H21ClN2O2. The van der Waals surface area contributed by atoms with Gasteiger partial charge < -0.3 is 15.4 Å². The number of hydrogen-bond acceptors (Lipinski definition) is 3. The Kier molecular flexibility index (Phi) is 4.48. The van der Waals surface area contributed by atoms with Crippen molar-refractivity contribution in [3.05, 3.63) is 34.9 Å². The number of carbonyl (C=O) groups excluding carboxylic acids is 1. The van der Waals surface area contributed by atoms with Gasteiger partial charge in [0, 0.05) is 18.1 Å². The van der Waals surface area contributed by atoms with E-state index in [0.29, 0.717) is 11.6 Å². The number of benzene rings is 1. The molecule has 0 saturated carbocycles. The Balaban J connectivity index is 1.73. The molecule has 3 rings (SSSR count). The second-order valence-electron chi connectivity index (χ2n) is 5.80. The molecule has 1 aromatic carbocycles. The van der Waals surface area contributed by atoms with Crippen molar-refractivity contribution in [2.75, 3.05) is 13.1 Å². The summed E-state index contributed by atoms with van der Waals surface area (Å²) in [6.45, 7) is 1.28. The average Bonchev–Trinajstić information content (AvgIpc) is 3.15. The lowest BCUT2D eigenvalue weighted by Gasteiger charge is -2.27. The lowest BCUT2D eigenvalue weighted by Crippen LogP contribution is -2.39. The maximum Gasteiger partial charge on any atom is 0.252 e. The minimum atomic E-state index is -0.321. The van der Waals surface area contributed by atoms with Crippen LogP contribution in [0.3, 0.4) is 0 Å². The second kappa shape index (κ2) is 6.34. The van der Waals surface area contributed by atoms with E-state index in [1.165, 1.54) is 0 Å². The molecule has 1 amide bonds. The first kappa shape index (κ1) is 14.8. The van der Waals surface area contributed by atoms with Gasteiger partial charge in [0.05, 0.1) is 12.1 Å². The Labute approximate surface area is 130 Å². The van der Waals surface area contributed by atoms with Gasteiger partial charge in [-0.15, -0.1) is 0 Å². The summed E-state index contributed by atoms with van der Waals surface area (Å²) in [6.07, 6.45) is 3.38. The van der Waals surface area contributed by atoms with Crippen molar-refractivity contribution in [3.8, 4) is 0 Å². The lowest BCUT2D eigenvalue weighted by molar-refractivity contribution is -0.143. The minimum Gasteiger partial charge on any atom is -0.364 e. The standard InChI is InChI=1S/C16H21ClN2O2/c17-12-4-1-3-11(9-12)14-5-2-8-19(14)16(20)15-7-6-13(10-18)21-15/h1,3-4,9,13-15H,2,5-8,10,18H2/t13-,14?,15+/m1/s1. The topological polar surface area (TPSA) is 55.6 Å². The predicted octanol–water partition coefficient (Wildman–Crippen LogP) is 2.51. The molecule has 21 heavy (non-hydrogen) atoms. The number of rotatable bonds is 3. The first-order valence-corrected chi connectivity index (χ1v) is 7.98. The highest BCUT2D eigenvalue weighted by Gasteiger charge is 2.37. The summed E-state index contributed by atoms with van der Waals surface area (Å²) in [7, 11) is 0. The molecule has 2 aliphatic heterocycles. The summed E-state index contributed by atoms with van der Waals surface area (Å²) in [5.41, 5.74) is 6.73. The number of hydrogen-bond donors (Lipinski definition) is 1. The van der Waals surface area contributed by atoms with Crippen LogP contribution in [0.1, 0.15) is 37.3 Å². The molecule has 2 fully saturated rings. The molecule has 3 atom stereocenters. The van der Waals surface area contributed by atoms with Gasteiger partial charge in [0.2, 0.25) is 0 Å². The summed E-state index contributed by atoms with van der Waals surface area (Å²) in [5.74, 6) is 0.105. The van der Waals surface area contributed by atoms with Crippen molar-refractivity contribution in [2.24, 2.45) is 5.73 Å².